The van der Waals surface area contributed by atoms with Crippen LogP contribution in [0, 0.1) is 0 Å². The summed E-state index contributed by atoms with van der Waals surface area (Å²) < 4.78 is 0. The van der Waals surface area contributed by atoms with Crippen molar-refractivity contribution < 1.29 is 4.79 Å². The molecule has 0 saturated carbocycles. The summed E-state index contributed by atoms with van der Waals surface area (Å²) >= 11 is 0. The number of carbonyl (C=O) groups excluding carboxylic acids is 1. The topological polar surface area (TPSA) is 46.3 Å². The molecule has 0 aromatic heterocycles. The van der Waals surface area contributed by atoms with Gasteiger partial charge in [0, 0.05) is 7.05 Å². The van der Waals surface area contributed by atoms with E-state index in [0.717, 1.165) is 12.8 Å². The molecular formula is C14H20N2O. The second-order valence-electron chi connectivity index (χ2n) is 4.72. The molecule has 1 aliphatic carbocycles. The van der Waals surface area contributed by atoms with Gasteiger partial charge in [0.05, 0.1) is 12.1 Å². The Morgan fingerprint density at radius 3 is 2.94 bits per heavy atom. The van der Waals surface area contributed by atoms with Crippen LogP contribution >= 0.6 is 0 Å². The highest BCUT2D eigenvalue weighted by Gasteiger charge is 2.29. The second-order valence-corrected chi connectivity index (χ2v) is 4.72. The molecule has 0 fully saturated rings. The summed E-state index contributed by atoms with van der Waals surface area (Å²) in [6, 6.07) is 8.20. The smallest absolute Gasteiger partial charge is 0.239 e. The lowest BCUT2D eigenvalue weighted by Crippen LogP contribution is -2.42. The number of fused-ring (bicyclic) bond motifs is 1. The summed E-state index contributed by atoms with van der Waals surface area (Å²) in [7, 11) is 1.87. The van der Waals surface area contributed by atoms with E-state index in [2.05, 4.69) is 18.2 Å². The number of amides is 1. The van der Waals surface area contributed by atoms with Crippen LogP contribution < -0.4 is 5.73 Å². The molecular weight excluding hydrogens is 212 g/mol. The van der Waals surface area contributed by atoms with Crippen molar-refractivity contribution in [2.45, 2.75) is 38.3 Å². The number of nitrogens with two attached hydrogens (primary N) is 1. The minimum atomic E-state index is -0.368. The highest BCUT2D eigenvalue weighted by molar-refractivity contribution is 5.81. The summed E-state index contributed by atoms with van der Waals surface area (Å²) in [5.41, 5.74) is 8.46. The van der Waals surface area contributed by atoms with Crippen LogP contribution in [0.25, 0.3) is 0 Å². The van der Waals surface area contributed by atoms with Crippen LogP contribution in [0.5, 0.6) is 0 Å². The highest BCUT2D eigenvalue weighted by Crippen LogP contribution is 2.34. The van der Waals surface area contributed by atoms with E-state index in [9.17, 15) is 4.79 Å². The first-order valence-electron chi connectivity index (χ1n) is 6.25. The Balaban J connectivity index is 2.17. The van der Waals surface area contributed by atoms with Crippen LogP contribution in [0.4, 0.5) is 0 Å². The first kappa shape index (κ1) is 12.1. The molecule has 0 saturated heterocycles. The summed E-state index contributed by atoms with van der Waals surface area (Å²) in [6.07, 6.45) is 2.76. The zero-order valence-corrected chi connectivity index (χ0v) is 10.5. The number of hydrogen-bond donors (Lipinski definition) is 1. The SMILES string of the molecule is CC[C@@H](N)C(=O)N(C)C1CCc2ccccc21. The van der Waals surface area contributed by atoms with Gasteiger partial charge >= 0.3 is 0 Å². The molecule has 17 heavy (non-hydrogen) atoms. The van der Waals surface area contributed by atoms with E-state index >= 15 is 0 Å². The fraction of sp³-hybridized carbons (Fsp3) is 0.500. The van der Waals surface area contributed by atoms with Gasteiger partial charge in [-0.05, 0) is 30.4 Å². The van der Waals surface area contributed by atoms with Crippen molar-refractivity contribution in [3.8, 4) is 0 Å². The molecule has 2 N–H and O–H groups in total. The maximum Gasteiger partial charge on any atom is 0.239 e. The van der Waals surface area contributed by atoms with Gasteiger partial charge in [-0.15, -0.1) is 0 Å². The fourth-order valence-corrected chi connectivity index (χ4v) is 2.53. The molecule has 92 valence electrons. The summed E-state index contributed by atoms with van der Waals surface area (Å²) in [4.78, 5) is 13.9. The van der Waals surface area contributed by atoms with Crippen LogP contribution in [0.2, 0.25) is 0 Å². The van der Waals surface area contributed by atoms with Gasteiger partial charge in [0.2, 0.25) is 5.91 Å². The molecule has 0 spiro atoms. The molecule has 0 bridgehead atoms. The fourth-order valence-electron chi connectivity index (χ4n) is 2.53. The molecule has 3 nitrogen and oxygen atoms in total. The normalized spacial score (nSPS) is 19.8. The molecule has 3 heteroatoms. The average Bonchev–Trinajstić information content (AvgIpc) is 2.79. The average molecular weight is 232 g/mol. The largest absolute Gasteiger partial charge is 0.337 e. The lowest BCUT2D eigenvalue weighted by Gasteiger charge is -2.27. The first-order chi connectivity index (χ1) is 8.15. The number of aryl methyl sites for hydroxylation is 1. The monoisotopic (exact) mass is 232 g/mol. The third-order valence-electron chi connectivity index (χ3n) is 3.67. The molecule has 1 aromatic carbocycles. The third-order valence-corrected chi connectivity index (χ3v) is 3.67. The molecule has 1 unspecified atom stereocenters. The van der Waals surface area contributed by atoms with Gasteiger partial charge in [0.1, 0.15) is 0 Å². The maximum absolute atomic E-state index is 12.1. The van der Waals surface area contributed by atoms with Crippen molar-refractivity contribution in [3.63, 3.8) is 0 Å². The number of hydrogen-bond acceptors (Lipinski definition) is 2. The minimum Gasteiger partial charge on any atom is -0.337 e. The number of benzene rings is 1. The molecule has 0 radical (unpaired) electrons. The van der Waals surface area contributed by atoms with Gasteiger partial charge in [0.25, 0.3) is 0 Å². The van der Waals surface area contributed by atoms with Crippen LogP contribution in [0.3, 0.4) is 0 Å². The standard InChI is InChI=1S/C14H20N2O/c1-3-12(15)14(17)16(2)13-9-8-10-6-4-5-7-11(10)13/h4-7,12-13H,3,8-9,15H2,1-2H3/t12-,13?/m1/s1. The molecule has 1 amide bonds. The van der Waals surface area contributed by atoms with E-state index in [0.29, 0.717) is 6.42 Å². The highest BCUT2D eigenvalue weighted by atomic mass is 16.2. The van der Waals surface area contributed by atoms with Gasteiger partial charge < -0.3 is 10.6 Å². The second kappa shape index (κ2) is 4.88. The number of nitrogens with zero attached hydrogens (tertiary/aromatic N) is 1. The van der Waals surface area contributed by atoms with Crippen LogP contribution in [-0.4, -0.2) is 23.9 Å². The Labute approximate surface area is 103 Å². The van der Waals surface area contributed by atoms with Crippen molar-refractivity contribution in [3.05, 3.63) is 35.4 Å². The molecule has 0 aliphatic heterocycles. The number of carbonyl (C=O) groups is 1. The van der Waals surface area contributed by atoms with Crippen molar-refractivity contribution in [1.82, 2.24) is 4.90 Å². The van der Waals surface area contributed by atoms with E-state index in [1.165, 1.54) is 11.1 Å². The van der Waals surface area contributed by atoms with Crippen molar-refractivity contribution in [2.24, 2.45) is 5.73 Å². The molecule has 1 aromatic rings. The van der Waals surface area contributed by atoms with Crippen LogP contribution in [-0.2, 0) is 11.2 Å². The number of rotatable bonds is 3. The van der Waals surface area contributed by atoms with Crippen molar-refractivity contribution in [1.29, 1.82) is 0 Å². The molecule has 2 rings (SSSR count). The Bertz CT molecular complexity index is 416. The first-order valence-corrected chi connectivity index (χ1v) is 6.25. The van der Waals surface area contributed by atoms with E-state index in [1.54, 1.807) is 0 Å². The van der Waals surface area contributed by atoms with Gasteiger partial charge in [-0.25, -0.2) is 0 Å². The van der Waals surface area contributed by atoms with E-state index < -0.39 is 0 Å². The zero-order valence-electron chi connectivity index (χ0n) is 10.5. The summed E-state index contributed by atoms with van der Waals surface area (Å²) in [6.45, 7) is 1.94. The molecule has 1 aliphatic rings. The van der Waals surface area contributed by atoms with Gasteiger partial charge in [0.15, 0.2) is 0 Å². The van der Waals surface area contributed by atoms with Crippen molar-refractivity contribution >= 4 is 5.91 Å². The minimum absolute atomic E-state index is 0.0502. The predicted molar refractivity (Wildman–Crippen MR) is 68.5 cm³/mol. The molecule has 0 heterocycles. The Morgan fingerprint density at radius 2 is 2.24 bits per heavy atom. The van der Waals surface area contributed by atoms with E-state index in [1.807, 2.05) is 24.9 Å². The quantitative estimate of drug-likeness (QED) is 0.864. The van der Waals surface area contributed by atoms with Gasteiger partial charge in [-0.3, -0.25) is 4.79 Å². The maximum atomic E-state index is 12.1. The molecule has 2 atom stereocenters. The Morgan fingerprint density at radius 1 is 1.53 bits per heavy atom. The summed E-state index contributed by atoms with van der Waals surface area (Å²) in [5, 5.41) is 0. The Kier molecular flexibility index (Phi) is 3.48. The van der Waals surface area contributed by atoms with E-state index in [-0.39, 0.29) is 18.0 Å². The lowest BCUT2D eigenvalue weighted by molar-refractivity contribution is -0.133. The van der Waals surface area contributed by atoms with Crippen LogP contribution in [0.1, 0.15) is 36.9 Å². The van der Waals surface area contributed by atoms with Gasteiger partial charge in [-0.1, -0.05) is 31.2 Å². The van der Waals surface area contributed by atoms with Crippen LogP contribution in [0.15, 0.2) is 24.3 Å². The zero-order chi connectivity index (χ0) is 12.4. The third kappa shape index (κ3) is 2.20. The van der Waals surface area contributed by atoms with Gasteiger partial charge in [-0.2, -0.15) is 0 Å². The number of likely N-dealkylation sites (N-methyl/N-ethyl adjacent to an activating group) is 1. The Hall–Kier alpha value is -1.35. The lowest BCUT2D eigenvalue weighted by atomic mass is 10.1. The summed E-state index contributed by atoms with van der Waals surface area (Å²) in [5.74, 6) is 0.0502. The van der Waals surface area contributed by atoms with Crippen molar-refractivity contribution in [2.75, 3.05) is 7.05 Å². The van der Waals surface area contributed by atoms with E-state index in [4.69, 9.17) is 5.73 Å². The predicted octanol–water partition coefficient (Wildman–Crippen LogP) is 1.87.